The number of quaternary nitrogens is 2. The lowest BCUT2D eigenvalue weighted by molar-refractivity contribution is -0.916. The average molecular weight is 390 g/mol. The van der Waals surface area contributed by atoms with Gasteiger partial charge in [0.1, 0.15) is 0 Å². The second kappa shape index (κ2) is 11.1. The third kappa shape index (κ3) is 8.36. The Morgan fingerprint density at radius 1 is 0.478 bits per heavy atom. The summed E-state index contributed by atoms with van der Waals surface area (Å²) in [7, 11) is 5.05. The predicted octanol–water partition coefficient (Wildman–Crippen LogP) is 1.59. The molecule has 138 valence electrons. The van der Waals surface area contributed by atoms with Crippen molar-refractivity contribution >= 4 is 0 Å². The molecule has 2 fully saturated rings. The number of hydrogen-bond acceptors (Lipinski definition) is 0. The van der Waals surface area contributed by atoms with E-state index in [-0.39, 0.29) is 17.0 Å². The van der Waals surface area contributed by atoms with Gasteiger partial charge < -0.3 is 25.9 Å². The second-order valence-electron chi connectivity index (χ2n) is 8.82. The van der Waals surface area contributed by atoms with Crippen LogP contribution in [0.2, 0.25) is 0 Å². The van der Waals surface area contributed by atoms with Gasteiger partial charge in [-0.1, -0.05) is 12.8 Å². The van der Waals surface area contributed by atoms with Gasteiger partial charge in [-0.15, -0.1) is 0 Å². The summed E-state index contributed by atoms with van der Waals surface area (Å²) in [6, 6.07) is 0. The van der Waals surface area contributed by atoms with Gasteiger partial charge in [-0.25, -0.2) is 0 Å². The Labute approximate surface area is 156 Å². The van der Waals surface area contributed by atoms with Crippen LogP contribution in [0.25, 0.3) is 0 Å². The van der Waals surface area contributed by atoms with Crippen LogP contribution in [0.4, 0.5) is 0 Å². The summed E-state index contributed by atoms with van der Waals surface area (Å²) < 4.78 is 2.73. The summed E-state index contributed by atoms with van der Waals surface area (Å²) in [4.78, 5) is 0. The van der Waals surface area contributed by atoms with Gasteiger partial charge in [-0.2, -0.15) is 0 Å². The molecule has 0 spiro atoms. The van der Waals surface area contributed by atoms with E-state index in [1.54, 1.807) is 0 Å². The van der Waals surface area contributed by atoms with E-state index in [2.05, 4.69) is 14.1 Å². The molecule has 2 saturated heterocycles. The van der Waals surface area contributed by atoms with Crippen LogP contribution in [0.5, 0.6) is 0 Å². The first-order valence-corrected chi connectivity index (χ1v) is 10.3. The lowest BCUT2D eigenvalue weighted by Gasteiger charge is -2.38. The van der Waals surface area contributed by atoms with Gasteiger partial charge in [0.15, 0.2) is 0 Å². The number of nitrogens with zero attached hydrogens (tertiary/aromatic N) is 2. The fourth-order valence-electron chi connectivity index (χ4n) is 4.69. The quantitative estimate of drug-likeness (QED) is 0.494. The molecule has 0 atom stereocenters. The van der Waals surface area contributed by atoms with Gasteiger partial charge in [0.25, 0.3) is 0 Å². The number of halogens is 1. The summed E-state index contributed by atoms with van der Waals surface area (Å²) in [5.74, 6) is 0. The van der Waals surface area contributed by atoms with Crippen molar-refractivity contribution < 1.29 is 25.9 Å². The average Bonchev–Trinajstić information content (AvgIpc) is 2.45. The molecule has 0 bridgehead atoms. The molecule has 0 aliphatic carbocycles. The van der Waals surface area contributed by atoms with Crippen LogP contribution in [0, 0.1) is 0 Å². The first-order chi connectivity index (χ1) is 10.6. The van der Waals surface area contributed by atoms with Crippen LogP contribution in [-0.4, -0.2) is 62.3 Å². The highest BCUT2D eigenvalue weighted by atomic mass is 79.9. The van der Waals surface area contributed by atoms with Gasteiger partial charge >= 0.3 is 0 Å². The highest BCUT2D eigenvalue weighted by molar-refractivity contribution is 4.54. The number of hydrogen-bond donors (Lipinski definition) is 0. The Morgan fingerprint density at radius 2 is 0.739 bits per heavy atom. The standard InChI is InChI=1S/C20H42N2.BrH/c1-21(15-9-5-3-6-10-16-21)19-13-14-20-22(2)17-11-7-4-8-12-18-22;/h3-20H2,1-2H3;1H/q+2;/p-1. The summed E-state index contributed by atoms with van der Waals surface area (Å²) in [6.45, 7) is 8.61. The minimum Gasteiger partial charge on any atom is -1.00 e. The molecule has 2 aliphatic rings. The molecule has 0 radical (unpaired) electrons. The van der Waals surface area contributed by atoms with Crippen molar-refractivity contribution in [2.24, 2.45) is 0 Å². The van der Waals surface area contributed by atoms with Crippen LogP contribution in [0.3, 0.4) is 0 Å². The fourth-order valence-corrected chi connectivity index (χ4v) is 4.69. The third-order valence-corrected chi connectivity index (χ3v) is 6.44. The molecule has 0 unspecified atom stereocenters. The number of likely N-dealkylation sites (tertiary alicyclic amines) is 2. The zero-order valence-corrected chi connectivity index (χ0v) is 17.6. The fraction of sp³-hybridized carbons (Fsp3) is 1.00. The van der Waals surface area contributed by atoms with Crippen molar-refractivity contribution in [3.05, 3.63) is 0 Å². The molecule has 0 aromatic rings. The van der Waals surface area contributed by atoms with Crippen molar-refractivity contribution in [2.45, 2.75) is 77.0 Å². The minimum absolute atomic E-state index is 0. The van der Waals surface area contributed by atoms with Crippen molar-refractivity contribution in [3.8, 4) is 0 Å². The first kappa shape index (κ1) is 21.4. The molecule has 2 rings (SSSR count). The molecule has 2 heterocycles. The lowest BCUT2D eigenvalue weighted by Crippen LogP contribution is -3.00. The zero-order chi connectivity index (χ0) is 15.7. The van der Waals surface area contributed by atoms with E-state index in [0.29, 0.717) is 0 Å². The van der Waals surface area contributed by atoms with Crippen molar-refractivity contribution in [1.29, 1.82) is 0 Å². The predicted molar refractivity (Wildman–Crippen MR) is 97.0 cm³/mol. The molecular weight excluding hydrogens is 348 g/mol. The summed E-state index contributed by atoms with van der Waals surface area (Å²) in [5.41, 5.74) is 0. The Hall–Kier alpha value is 0.400. The minimum atomic E-state index is 0. The summed E-state index contributed by atoms with van der Waals surface area (Å²) in [6.07, 6.45) is 17.6. The summed E-state index contributed by atoms with van der Waals surface area (Å²) in [5, 5.41) is 0. The molecular formula is C20H42BrN2+. The van der Waals surface area contributed by atoms with Crippen LogP contribution < -0.4 is 17.0 Å². The Balaban J connectivity index is 0.00000264. The molecule has 2 aliphatic heterocycles. The van der Waals surface area contributed by atoms with Gasteiger partial charge in [0.05, 0.1) is 53.4 Å². The van der Waals surface area contributed by atoms with Crippen LogP contribution in [-0.2, 0) is 0 Å². The van der Waals surface area contributed by atoms with Gasteiger partial charge in [-0.3, -0.25) is 0 Å². The van der Waals surface area contributed by atoms with E-state index < -0.39 is 0 Å². The molecule has 0 aromatic heterocycles. The Morgan fingerprint density at radius 3 is 1.04 bits per heavy atom. The first-order valence-electron chi connectivity index (χ1n) is 10.3. The van der Waals surface area contributed by atoms with Gasteiger partial charge in [-0.05, 0) is 51.4 Å². The topological polar surface area (TPSA) is 0 Å². The van der Waals surface area contributed by atoms with E-state index in [1.165, 1.54) is 125 Å². The molecule has 23 heavy (non-hydrogen) atoms. The Bertz CT molecular complexity index is 260. The van der Waals surface area contributed by atoms with E-state index in [0.717, 1.165) is 0 Å². The number of rotatable bonds is 5. The lowest BCUT2D eigenvalue weighted by atomic mass is 10.1. The van der Waals surface area contributed by atoms with E-state index in [9.17, 15) is 0 Å². The molecule has 0 aromatic carbocycles. The summed E-state index contributed by atoms with van der Waals surface area (Å²) >= 11 is 0. The number of unbranched alkanes of at least 4 members (excludes halogenated alkanes) is 1. The van der Waals surface area contributed by atoms with Gasteiger partial charge in [0, 0.05) is 12.8 Å². The van der Waals surface area contributed by atoms with E-state index in [4.69, 9.17) is 0 Å². The molecule has 2 nitrogen and oxygen atoms in total. The maximum Gasteiger partial charge on any atom is 0.0786 e. The smallest absolute Gasteiger partial charge is 0.0786 e. The normalized spacial score (nSPS) is 25.3. The van der Waals surface area contributed by atoms with E-state index in [1.807, 2.05) is 0 Å². The largest absolute Gasteiger partial charge is 1.00 e. The van der Waals surface area contributed by atoms with Crippen molar-refractivity contribution in [3.63, 3.8) is 0 Å². The SMILES string of the molecule is C[N+]1(CCCC[N+]2(C)CCCCCCC2)CCCCCCC1.[Br-]. The molecule has 0 saturated carbocycles. The Kier molecular flexibility index (Phi) is 10.3. The third-order valence-electron chi connectivity index (χ3n) is 6.44. The van der Waals surface area contributed by atoms with Gasteiger partial charge in [0.2, 0.25) is 0 Å². The molecule has 0 amide bonds. The van der Waals surface area contributed by atoms with Crippen LogP contribution >= 0.6 is 0 Å². The maximum atomic E-state index is 2.53. The maximum absolute atomic E-state index is 2.53. The van der Waals surface area contributed by atoms with E-state index >= 15 is 0 Å². The van der Waals surface area contributed by atoms with Crippen molar-refractivity contribution in [1.82, 2.24) is 0 Å². The second-order valence-corrected chi connectivity index (χ2v) is 8.82. The zero-order valence-electron chi connectivity index (χ0n) is 16.0. The highest BCUT2D eigenvalue weighted by Crippen LogP contribution is 2.19. The van der Waals surface area contributed by atoms with Crippen LogP contribution in [0.1, 0.15) is 77.0 Å². The molecule has 3 heteroatoms. The monoisotopic (exact) mass is 389 g/mol. The highest BCUT2D eigenvalue weighted by Gasteiger charge is 2.24. The molecule has 0 N–H and O–H groups in total. The van der Waals surface area contributed by atoms with Crippen LogP contribution in [0.15, 0.2) is 0 Å². The van der Waals surface area contributed by atoms with Crippen molar-refractivity contribution in [2.75, 3.05) is 53.4 Å².